The second kappa shape index (κ2) is 8.34. The lowest BCUT2D eigenvalue weighted by atomic mass is 10.0. The third kappa shape index (κ3) is 5.54. The first-order valence-corrected chi connectivity index (χ1v) is 8.73. The van der Waals surface area contributed by atoms with Crippen LogP contribution in [0.25, 0.3) is 0 Å². The number of amides is 1. The zero-order chi connectivity index (χ0) is 16.8. The van der Waals surface area contributed by atoms with E-state index in [0.29, 0.717) is 24.1 Å². The van der Waals surface area contributed by atoms with Crippen molar-refractivity contribution in [3.05, 3.63) is 29.8 Å². The maximum absolute atomic E-state index is 12.4. The Hall–Kier alpha value is -1.55. The van der Waals surface area contributed by atoms with Gasteiger partial charge >= 0.3 is 0 Å². The number of rotatable bonds is 6. The molecule has 0 saturated carbocycles. The Balaban J connectivity index is 1.87. The van der Waals surface area contributed by atoms with Gasteiger partial charge in [-0.2, -0.15) is 0 Å². The molecule has 4 nitrogen and oxygen atoms in total. The summed E-state index contributed by atoms with van der Waals surface area (Å²) in [4.78, 5) is 14.9. The molecule has 23 heavy (non-hydrogen) atoms. The van der Waals surface area contributed by atoms with E-state index in [1.165, 1.54) is 0 Å². The van der Waals surface area contributed by atoms with E-state index in [1.807, 2.05) is 24.3 Å². The normalized spacial score (nSPS) is 16.8. The highest BCUT2D eigenvalue weighted by atomic mass is 16.5. The summed E-state index contributed by atoms with van der Waals surface area (Å²) in [6, 6.07) is 8.33. The Morgan fingerprint density at radius 3 is 2.57 bits per heavy atom. The summed E-state index contributed by atoms with van der Waals surface area (Å²) in [5, 5.41) is 3.17. The van der Waals surface area contributed by atoms with Crippen molar-refractivity contribution in [3.8, 4) is 5.75 Å². The predicted octanol–water partition coefficient (Wildman–Crippen LogP) is 3.32. The number of carbonyl (C=O) groups is 1. The third-order valence-electron chi connectivity index (χ3n) is 4.27. The first-order valence-electron chi connectivity index (χ1n) is 8.73. The Kier molecular flexibility index (Phi) is 6.46. The number of hydrogen-bond acceptors (Lipinski definition) is 3. The summed E-state index contributed by atoms with van der Waals surface area (Å²) in [5.74, 6) is 1.24. The van der Waals surface area contributed by atoms with E-state index in [4.69, 9.17) is 4.74 Å². The smallest absolute Gasteiger partial charge is 0.251 e. The lowest BCUT2D eigenvalue weighted by Gasteiger charge is -2.34. The molecule has 0 unspecified atom stereocenters. The van der Waals surface area contributed by atoms with Crippen LogP contribution in [-0.2, 0) is 0 Å². The summed E-state index contributed by atoms with van der Waals surface area (Å²) in [5.41, 5.74) is 0.678. The Bertz CT molecular complexity index is 506. The highest BCUT2D eigenvalue weighted by Gasteiger charge is 2.22. The molecule has 128 valence electrons. The van der Waals surface area contributed by atoms with E-state index >= 15 is 0 Å². The van der Waals surface area contributed by atoms with Gasteiger partial charge in [-0.05, 0) is 50.8 Å². The molecular formula is C19H30N2O2. The molecule has 1 aliphatic heterocycles. The first kappa shape index (κ1) is 17.8. The van der Waals surface area contributed by atoms with Crippen LogP contribution in [0.1, 0.15) is 50.9 Å². The van der Waals surface area contributed by atoms with Crippen LogP contribution in [0.5, 0.6) is 5.75 Å². The zero-order valence-corrected chi connectivity index (χ0v) is 14.8. The minimum Gasteiger partial charge on any atom is -0.493 e. The maximum atomic E-state index is 12.4. The first-order chi connectivity index (χ1) is 11.0. The van der Waals surface area contributed by atoms with Crippen LogP contribution in [0.15, 0.2) is 24.3 Å². The van der Waals surface area contributed by atoms with Gasteiger partial charge in [0, 0.05) is 30.7 Å². The lowest BCUT2D eigenvalue weighted by Crippen LogP contribution is -2.46. The summed E-state index contributed by atoms with van der Waals surface area (Å²) in [7, 11) is 0. The number of piperidine rings is 1. The fourth-order valence-electron chi connectivity index (χ4n) is 2.82. The highest BCUT2D eigenvalue weighted by Crippen LogP contribution is 2.16. The molecule has 1 fully saturated rings. The summed E-state index contributed by atoms with van der Waals surface area (Å²) in [6.07, 6.45) is 2.04. The number of nitrogens with zero attached hydrogens (tertiary/aromatic N) is 1. The average Bonchev–Trinajstić information content (AvgIpc) is 2.53. The van der Waals surface area contributed by atoms with Crippen molar-refractivity contribution in [2.24, 2.45) is 5.92 Å². The molecule has 1 aromatic carbocycles. The van der Waals surface area contributed by atoms with Gasteiger partial charge < -0.3 is 15.0 Å². The highest BCUT2D eigenvalue weighted by molar-refractivity contribution is 5.94. The topological polar surface area (TPSA) is 41.6 Å². The minimum atomic E-state index is 0.00277. The van der Waals surface area contributed by atoms with Crippen molar-refractivity contribution >= 4 is 5.91 Å². The molecule has 2 rings (SSSR count). The quantitative estimate of drug-likeness (QED) is 0.875. The van der Waals surface area contributed by atoms with Gasteiger partial charge in [0.1, 0.15) is 5.75 Å². The zero-order valence-electron chi connectivity index (χ0n) is 14.8. The van der Waals surface area contributed by atoms with Gasteiger partial charge in [-0.15, -0.1) is 0 Å². The molecule has 0 bridgehead atoms. The van der Waals surface area contributed by atoms with Crippen LogP contribution < -0.4 is 10.1 Å². The summed E-state index contributed by atoms with van der Waals surface area (Å²) in [6.45, 7) is 11.4. The molecule has 1 saturated heterocycles. The Labute approximate surface area is 140 Å². The van der Waals surface area contributed by atoms with Gasteiger partial charge in [0.2, 0.25) is 0 Å². The van der Waals surface area contributed by atoms with Crippen LogP contribution >= 0.6 is 0 Å². The van der Waals surface area contributed by atoms with Gasteiger partial charge in [0.05, 0.1) is 6.61 Å². The molecule has 1 heterocycles. The van der Waals surface area contributed by atoms with E-state index < -0.39 is 0 Å². The van der Waals surface area contributed by atoms with Crippen molar-refractivity contribution < 1.29 is 9.53 Å². The number of ether oxygens (including phenoxy) is 1. The SMILES string of the molecule is CC(C)COc1cccc(C(=O)NC2CCN(C(C)C)CC2)c1. The van der Waals surface area contributed by atoms with Crippen molar-refractivity contribution in [1.82, 2.24) is 10.2 Å². The molecule has 1 amide bonds. The number of likely N-dealkylation sites (tertiary alicyclic amines) is 1. The molecule has 0 atom stereocenters. The van der Waals surface area contributed by atoms with Crippen LogP contribution in [0.3, 0.4) is 0 Å². The fraction of sp³-hybridized carbons (Fsp3) is 0.632. The van der Waals surface area contributed by atoms with Crippen LogP contribution in [0.2, 0.25) is 0 Å². The molecule has 1 N–H and O–H groups in total. The number of nitrogens with one attached hydrogen (secondary N) is 1. The van der Waals surface area contributed by atoms with Crippen LogP contribution in [-0.4, -0.2) is 42.6 Å². The fourth-order valence-corrected chi connectivity index (χ4v) is 2.82. The molecule has 1 aliphatic rings. The largest absolute Gasteiger partial charge is 0.493 e. The molecule has 0 spiro atoms. The maximum Gasteiger partial charge on any atom is 0.251 e. The van der Waals surface area contributed by atoms with E-state index in [0.717, 1.165) is 31.7 Å². The second-order valence-corrected chi connectivity index (χ2v) is 7.11. The molecule has 0 aliphatic carbocycles. The minimum absolute atomic E-state index is 0.00277. The number of carbonyl (C=O) groups excluding carboxylic acids is 1. The Morgan fingerprint density at radius 1 is 1.26 bits per heavy atom. The summed E-state index contributed by atoms with van der Waals surface area (Å²) >= 11 is 0. The number of hydrogen-bond donors (Lipinski definition) is 1. The molecule has 4 heteroatoms. The van der Waals surface area contributed by atoms with Gasteiger partial charge in [-0.3, -0.25) is 4.79 Å². The second-order valence-electron chi connectivity index (χ2n) is 7.11. The van der Waals surface area contributed by atoms with E-state index in [1.54, 1.807) is 0 Å². The van der Waals surface area contributed by atoms with Crippen LogP contribution in [0, 0.1) is 5.92 Å². The standard InChI is InChI=1S/C19H30N2O2/c1-14(2)13-23-18-7-5-6-16(12-18)19(22)20-17-8-10-21(11-9-17)15(3)4/h5-7,12,14-15,17H,8-11,13H2,1-4H3,(H,20,22). The molecular weight excluding hydrogens is 288 g/mol. The summed E-state index contributed by atoms with van der Waals surface area (Å²) < 4.78 is 5.70. The van der Waals surface area contributed by atoms with Crippen molar-refractivity contribution in [2.45, 2.75) is 52.6 Å². The van der Waals surface area contributed by atoms with Gasteiger partial charge in [-0.1, -0.05) is 19.9 Å². The Morgan fingerprint density at radius 2 is 1.96 bits per heavy atom. The molecule has 0 aromatic heterocycles. The van der Waals surface area contributed by atoms with Gasteiger partial charge in [0.25, 0.3) is 5.91 Å². The molecule has 0 radical (unpaired) electrons. The predicted molar refractivity (Wildman–Crippen MR) is 94.0 cm³/mol. The van der Waals surface area contributed by atoms with E-state index in [-0.39, 0.29) is 11.9 Å². The van der Waals surface area contributed by atoms with Crippen LogP contribution in [0.4, 0.5) is 0 Å². The van der Waals surface area contributed by atoms with E-state index in [2.05, 4.69) is 37.9 Å². The third-order valence-corrected chi connectivity index (χ3v) is 4.27. The lowest BCUT2D eigenvalue weighted by molar-refractivity contribution is 0.0900. The van der Waals surface area contributed by atoms with Gasteiger partial charge in [-0.25, -0.2) is 0 Å². The average molecular weight is 318 g/mol. The van der Waals surface area contributed by atoms with E-state index in [9.17, 15) is 4.79 Å². The monoisotopic (exact) mass is 318 g/mol. The van der Waals surface area contributed by atoms with Gasteiger partial charge in [0.15, 0.2) is 0 Å². The van der Waals surface area contributed by atoms with Crippen molar-refractivity contribution in [2.75, 3.05) is 19.7 Å². The molecule has 1 aromatic rings. The number of benzene rings is 1. The van der Waals surface area contributed by atoms with Crippen molar-refractivity contribution in [3.63, 3.8) is 0 Å². The van der Waals surface area contributed by atoms with Crippen molar-refractivity contribution in [1.29, 1.82) is 0 Å².